The van der Waals surface area contributed by atoms with Crippen LogP contribution in [0.25, 0.3) is 0 Å². The average molecular weight is 194 g/mol. The molecular formula is C10H14N2S. The summed E-state index contributed by atoms with van der Waals surface area (Å²) in [5.41, 5.74) is 1.45. The Balaban J connectivity index is 2.23. The largest absolute Gasteiger partial charge is 0.370 e. The maximum absolute atomic E-state index is 4.10. The highest BCUT2D eigenvalue weighted by Crippen LogP contribution is 2.44. The Labute approximate surface area is 83.1 Å². The number of rotatable bonds is 0. The molecule has 0 saturated heterocycles. The van der Waals surface area contributed by atoms with E-state index in [0.717, 1.165) is 0 Å². The van der Waals surface area contributed by atoms with E-state index < -0.39 is 0 Å². The Kier molecular flexibility index (Phi) is 1.99. The summed E-state index contributed by atoms with van der Waals surface area (Å²) in [5, 5.41) is 3.94. The van der Waals surface area contributed by atoms with Gasteiger partial charge in [-0.05, 0) is 11.5 Å². The highest BCUT2D eigenvalue weighted by molar-refractivity contribution is 8.00. The number of pyridine rings is 1. The number of hydrogen-bond donors (Lipinski definition) is 1. The summed E-state index contributed by atoms with van der Waals surface area (Å²) in [4.78, 5) is 5.41. The van der Waals surface area contributed by atoms with Crippen molar-refractivity contribution in [3.8, 4) is 0 Å². The van der Waals surface area contributed by atoms with Gasteiger partial charge in [0.05, 0.1) is 17.3 Å². The van der Waals surface area contributed by atoms with E-state index in [0.29, 0.717) is 5.37 Å². The topological polar surface area (TPSA) is 24.9 Å². The van der Waals surface area contributed by atoms with Crippen LogP contribution in [0.1, 0.15) is 20.8 Å². The molecule has 3 heteroatoms. The fourth-order valence-corrected chi connectivity index (χ4v) is 2.46. The van der Waals surface area contributed by atoms with E-state index in [2.05, 4.69) is 37.1 Å². The number of nitrogens with zero attached hydrogens (tertiary/aromatic N) is 1. The molecule has 1 aromatic heterocycles. The van der Waals surface area contributed by atoms with Gasteiger partial charge in [0.1, 0.15) is 0 Å². The number of anilines is 1. The van der Waals surface area contributed by atoms with Crippen molar-refractivity contribution < 1.29 is 0 Å². The van der Waals surface area contributed by atoms with Crippen LogP contribution in [0.3, 0.4) is 0 Å². The summed E-state index contributed by atoms with van der Waals surface area (Å²) in [6.45, 7) is 6.74. The monoisotopic (exact) mass is 194 g/mol. The van der Waals surface area contributed by atoms with E-state index in [9.17, 15) is 0 Å². The number of nitrogens with one attached hydrogen (secondary N) is 1. The van der Waals surface area contributed by atoms with E-state index in [4.69, 9.17) is 0 Å². The van der Waals surface area contributed by atoms with Crippen LogP contribution in [-0.4, -0.2) is 10.4 Å². The molecule has 1 atom stereocenters. The van der Waals surface area contributed by atoms with E-state index in [1.54, 1.807) is 0 Å². The van der Waals surface area contributed by atoms with Crippen LogP contribution in [0.15, 0.2) is 23.4 Å². The first-order chi connectivity index (χ1) is 6.07. The zero-order valence-corrected chi connectivity index (χ0v) is 8.98. The molecule has 70 valence electrons. The van der Waals surface area contributed by atoms with Crippen molar-refractivity contribution in [2.45, 2.75) is 31.0 Å². The van der Waals surface area contributed by atoms with Gasteiger partial charge in [0.25, 0.3) is 0 Å². The molecule has 0 fully saturated rings. The van der Waals surface area contributed by atoms with Crippen molar-refractivity contribution in [1.29, 1.82) is 0 Å². The molecule has 0 bridgehead atoms. The number of thioether (sulfide) groups is 1. The van der Waals surface area contributed by atoms with Crippen LogP contribution >= 0.6 is 11.8 Å². The van der Waals surface area contributed by atoms with Crippen molar-refractivity contribution in [3.05, 3.63) is 18.5 Å². The zero-order chi connectivity index (χ0) is 9.47. The van der Waals surface area contributed by atoms with Gasteiger partial charge in [-0.15, -0.1) is 0 Å². The Morgan fingerprint density at radius 3 is 2.85 bits per heavy atom. The van der Waals surface area contributed by atoms with Gasteiger partial charge in [-0.25, -0.2) is 0 Å². The minimum atomic E-state index is 0.281. The zero-order valence-electron chi connectivity index (χ0n) is 8.16. The minimum Gasteiger partial charge on any atom is -0.370 e. The van der Waals surface area contributed by atoms with E-state index in [1.807, 2.05) is 24.2 Å². The third-order valence-electron chi connectivity index (χ3n) is 2.10. The predicted molar refractivity (Wildman–Crippen MR) is 57.0 cm³/mol. The van der Waals surface area contributed by atoms with Gasteiger partial charge in [0.2, 0.25) is 0 Å². The van der Waals surface area contributed by atoms with Crippen LogP contribution in [0.5, 0.6) is 0 Å². The van der Waals surface area contributed by atoms with Crippen LogP contribution in [0.4, 0.5) is 5.69 Å². The standard InChI is InChI=1S/C10H14N2S/c1-10(2,3)9-12-7-6-11-5-4-8(7)13-9/h4-6,9,12H,1-3H3. The number of fused-ring (bicyclic) bond motifs is 1. The summed E-state index contributed by atoms with van der Waals surface area (Å²) < 4.78 is 0. The van der Waals surface area contributed by atoms with Gasteiger partial charge < -0.3 is 5.32 Å². The van der Waals surface area contributed by atoms with Crippen molar-refractivity contribution in [2.24, 2.45) is 5.41 Å². The smallest absolute Gasteiger partial charge is 0.0819 e. The highest BCUT2D eigenvalue weighted by atomic mass is 32.2. The number of hydrogen-bond acceptors (Lipinski definition) is 3. The second-order valence-corrected chi connectivity index (χ2v) is 5.53. The molecule has 1 unspecified atom stereocenters. The molecule has 0 saturated carbocycles. The first-order valence-electron chi connectivity index (χ1n) is 4.44. The lowest BCUT2D eigenvalue weighted by molar-refractivity contribution is 0.419. The average Bonchev–Trinajstić information content (AvgIpc) is 2.45. The molecule has 0 radical (unpaired) electrons. The molecule has 1 aromatic rings. The molecular weight excluding hydrogens is 180 g/mol. The van der Waals surface area contributed by atoms with Gasteiger partial charge >= 0.3 is 0 Å². The second kappa shape index (κ2) is 2.91. The van der Waals surface area contributed by atoms with Crippen LogP contribution in [0.2, 0.25) is 0 Å². The number of aromatic nitrogens is 1. The lowest BCUT2D eigenvalue weighted by Gasteiger charge is -2.26. The fraction of sp³-hybridized carbons (Fsp3) is 0.500. The normalized spacial score (nSPS) is 21.0. The SMILES string of the molecule is CC(C)(C)C1Nc2cnccc2S1. The summed E-state index contributed by atoms with van der Waals surface area (Å²) in [6.07, 6.45) is 3.74. The van der Waals surface area contributed by atoms with Crippen LogP contribution in [0, 0.1) is 5.41 Å². The molecule has 0 aromatic carbocycles. The van der Waals surface area contributed by atoms with Gasteiger partial charge in [-0.1, -0.05) is 32.5 Å². The Morgan fingerprint density at radius 1 is 1.46 bits per heavy atom. The summed E-state index contributed by atoms with van der Waals surface area (Å²) in [7, 11) is 0. The predicted octanol–water partition coefficient (Wildman–Crippen LogP) is 2.97. The Morgan fingerprint density at radius 2 is 2.23 bits per heavy atom. The lowest BCUT2D eigenvalue weighted by Crippen LogP contribution is -2.27. The van der Waals surface area contributed by atoms with Crippen molar-refractivity contribution in [2.75, 3.05) is 5.32 Å². The Bertz CT molecular complexity index is 292. The third-order valence-corrected chi connectivity index (χ3v) is 3.77. The first-order valence-corrected chi connectivity index (χ1v) is 5.32. The first kappa shape index (κ1) is 8.88. The quantitative estimate of drug-likeness (QED) is 0.687. The van der Waals surface area contributed by atoms with Crippen LogP contribution < -0.4 is 5.32 Å². The molecule has 2 heterocycles. The van der Waals surface area contributed by atoms with E-state index >= 15 is 0 Å². The fourth-order valence-electron chi connectivity index (χ4n) is 1.28. The van der Waals surface area contributed by atoms with Crippen molar-refractivity contribution >= 4 is 17.4 Å². The molecule has 1 N–H and O–H groups in total. The summed E-state index contributed by atoms with van der Waals surface area (Å²) >= 11 is 1.89. The highest BCUT2D eigenvalue weighted by Gasteiger charge is 2.31. The molecule has 13 heavy (non-hydrogen) atoms. The molecule has 2 nitrogen and oxygen atoms in total. The van der Waals surface area contributed by atoms with Crippen molar-refractivity contribution in [1.82, 2.24) is 4.98 Å². The van der Waals surface area contributed by atoms with E-state index in [-0.39, 0.29) is 5.41 Å². The summed E-state index contributed by atoms with van der Waals surface area (Å²) in [5.74, 6) is 0. The van der Waals surface area contributed by atoms with Gasteiger partial charge in [0.15, 0.2) is 0 Å². The van der Waals surface area contributed by atoms with Gasteiger partial charge in [-0.2, -0.15) is 0 Å². The molecule has 1 aliphatic heterocycles. The lowest BCUT2D eigenvalue weighted by atomic mass is 9.96. The van der Waals surface area contributed by atoms with Crippen LogP contribution in [-0.2, 0) is 0 Å². The third kappa shape index (κ3) is 1.66. The van der Waals surface area contributed by atoms with Crippen molar-refractivity contribution in [3.63, 3.8) is 0 Å². The molecule has 0 spiro atoms. The second-order valence-electron chi connectivity index (χ2n) is 4.38. The molecule has 1 aliphatic rings. The Hall–Kier alpha value is -0.700. The van der Waals surface area contributed by atoms with Gasteiger partial charge in [-0.3, -0.25) is 4.98 Å². The summed E-state index contributed by atoms with van der Waals surface area (Å²) in [6, 6.07) is 2.07. The van der Waals surface area contributed by atoms with Gasteiger partial charge in [0, 0.05) is 11.1 Å². The molecule has 0 aliphatic carbocycles. The molecule has 2 rings (SSSR count). The minimum absolute atomic E-state index is 0.281. The maximum Gasteiger partial charge on any atom is 0.0819 e. The van der Waals surface area contributed by atoms with E-state index in [1.165, 1.54) is 10.6 Å². The molecule has 0 amide bonds. The maximum atomic E-state index is 4.10.